The molecule has 6 heterocycles. The fourth-order valence-corrected chi connectivity index (χ4v) is 11.5. The van der Waals surface area contributed by atoms with Gasteiger partial charge >= 0.3 is 23.3 Å². The summed E-state index contributed by atoms with van der Waals surface area (Å²) in [5.41, 5.74) is -4.75. The van der Waals surface area contributed by atoms with E-state index in [-0.39, 0.29) is 49.3 Å². The number of rotatable bonds is 14. The van der Waals surface area contributed by atoms with Crippen molar-refractivity contribution in [2.75, 3.05) is 26.4 Å². The summed E-state index contributed by atoms with van der Waals surface area (Å²) in [6.07, 6.45) is 1.11. The zero-order chi connectivity index (χ0) is 52.8. The Labute approximate surface area is 412 Å². The maximum absolute atomic E-state index is 12.6. The number of ether oxygens (including phenoxy) is 6. The van der Waals surface area contributed by atoms with Crippen molar-refractivity contribution in [1.82, 2.24) is 19.1 Å². The van der Waals surface area contributed by atoms with E-state index in [1.165, 1.54) is 21.5 Å². The Morgan fingerprint density at radius 1 is 0.657 bits per heavy atom. The molecule has 0 aromatic carbocycles. The van der Waals surface area contributed by atoms with Crippen LogP contribution in [0.3, 0.4) is 0 Å². The average molecular weight is 1030 g/mol. The van der Waals surface area contributed by atoms with Gasteiger partial charge in [-0.2, -0.15) is 0 Å². The third-order valence-electron chi connectivity index (χ3n) is 14.6. The lowest BCUT2D eigenvalue weighted by atomic mass is 9.91. The van der Waals surface area contributed by atoms with E-state index in [0.717, 1.165) is 0 Å². The number of hydrogen-bond donors (Lipinski definition) is 4. The van der Waals surface area contributed by atoms with Gasteiger partial charge in [0.2, 0.25) is 0 Å². The van der Waals surface area contributed by atoms with Crippen molar-refractivity contribution in [3.05, 3.63) is 65.2 Å². The number of nitrogens with zero attached hydrogens (tertiary/aromatic N) is 2. The summed E-state index contributed by atoms with van der Waals surface area (Å²) < 4.78 is 50.7. The van der Waals surface area contributed by atoms with Crippen molar-refractivity contribution in [2.45, 2.75) is 217 Å². The molecular formula is C48H80N4O16Si2. The minimum atomic E-state index is -2.20. The topological polar surface area (TPSA) is 258 Å². The Morgan fingerprint density at radius 3 is 1.27 bits per heavy atom. The Hall–Kier alpha value is -3.59. The molecule has 22 heteroatoms. The molecule has 4 unspecified atom stereocenters. The van der Waals surface area contributed by atoms with E-state index in [0.29, 0.717) is 36.8 Å². The summed E-state index contributed by atoms with van der Waals surface area (Å²) in [5.74, 6) is -0.916. The molecule has 4 aliphatic rings. The minimum absolute atomic E-state index is 0.00559. The number of aromatic nitrogens is 4. The first-order chi connectivity index (χ1) is 31.8. The Kier molecular flexibility index (Phi) is 17.0. The molecule has 4 saturated heterocycles. The van der Waals surface area contributed by atoms with Crippen LogP contribution in [0.4, 0.5) is 0 Å². The molecular weight excluding hydrogens is 945 g/mol. The van der Waals surface area contributed by atoms with E-state index >= 15 is 0 Å². The molecule has 70 heavy (non-hydrogen) atoms. The lowest BCUT2D eigenvalue weighted by Crippen LogP contribution is -2.46. The van der Waals surface area contributed by atoms with E-state index in [1.807, 2.05) is 0 Å². The number of aryl methyl sites for hydroxylation is 2. The van der Waals surface area contributed by atoms with Crippen LogP contribution in [0, 0.1) is 13.8 Å². The molecule has 2 aromatic rings. The van der Waals surface area contributed by atoms with Gasteiger partial charge in [0, 0.05) is 49.2 Å². The monoisotopic (exact) mass is 1020 g/mol. The van der Waals surface area contributed by atoms with Crippen LogP contribution in [0.15, 0.2) is 31.6 Å². The van der Waals surface area contributed by atoms with E-state index in [2.05, 4.69) is 77.7 Å². The number of hydrogen-bond acceptors (Lipinski definition) is 16. The van der Waals surface area contributed by atoms with Gasteiger partial charge in [-0.25, -0.2) is 9.59 Å². The largest absolute Gasteiger partial charge is 0.463 e. The smallest absolute Gasteiger partial charge is 0.330 e. The predicted octanol–water partition coefficient (Wildman–Crippen LogP) is 4.77. The van der Waals surface area contributed by atoms with E-state index in [9.17, 15) is 39.0 Å². The first-order valence-corrected chi connectivity index (χ1v) is 30.0. The van der Waals surface area contributed by atoms with Crippen molar-refractivity contribution in [2.24, 2.45) is 0 Å². The molecule has 0 bridgehead atoms. The highest BCUT2D eigenvalue weighted by atomic mass is 28.4. The van der Waals surface area contributed by atoms with Crippen LogP contribution >= 0.6 is 0 Å². The fourth-order valence-electron chi connectivity index (χ4n) is 8.77. The molecule has 0 aliphatic carbocycles. The lowest BCUT2D eigenvalue weighted by Gasteiger charge is -2.39. The molecule has 20 nitrogen and oxygen atoms in total. The number of esters is 2. The van der Waals surface area contributed by atoms with E-state index < -0.39 is 110 Å². The first-order valence-electron chi connectivity index (χ1n) is 24.2. The summed E-state index contributed by atoms with van der Waals surface area (Å²) in [4.78, 5) is 78.4. The Bertz CT molecular complexity index is 2280. The zero-order valence-electron chi connectivity index (χ0n) is 44.2. The predicted molar refractivity (Wildman–Crippen MR) is 264 cm³/mol. The summed E-state index contributed by atoms with van der Waals surface area (Å²) in [6.45, 7) is 31.7. The molecule has 0 saturated carbocycles. The average Bonchev–Trinajstić information content (AvgIpc) is 3.93. The van der Waals surface area contributed by atoms with Crippen molar-refractivity contribution < 1.29 is 57.1 Å². The van der Waals surface area contributed by atoms with Gasteiger partial charge in [0.15, 0.2) is 16.6 Å². The normalized spacial score (nSPS) is 31.6. The van der Waals surface area contributed by atoms with E-state index in [1.54, 1.807) is 41.5 Å². The number of H-pyrrole nitrogens is 2. The number of carbonyl (C=O) groups excluding carboxylic acids is 2. The third-order valence-corrected chi connectivity index (χ3v) is 23.6. The van der Waals surface area contributed by atoms with E-state index in [4.69, 9.17) is 37.3 Å². The second-order valence-electron chi connectivity index (χ2n) is 24.1. The molecule has 396 valence electrons. The molecule has 4 aliphatic heterocycles. The van der Waals surface area contributed by atoms with Crippen LogP contribution in [-0.4, -0.2) is 131 Å². The van der Waals surface area contributed by atoms with Gasteiger partial charge in [0.25, 0.3) is 11.1 Å². The second-order valence-corrected chi connectivity index (χ2v) is 33.6. The van der Waals surface area contributed by atoms with Crippen molar-refractivity contribution in [3.8, 4) is 0 Å². The maximum Gasteiger partial charge on any atom is 0.330 e. The quantitative estimate of drug-likeness (QED) is 0.147. The van der Waals surface area contributed by atoms with Crippen LogP contribution in [0.25, 0.3) is 0 Å². The van der Waals surface area contributed by atoms with Gasteiger partial charge < -0.3 is 47.5 Å². The summed E-state index contributed by atoms with van der Waals surface area (Å²) in [5, 5.41) is 20.3. The number of nitrogens with one attached hydrogen (secondary N) is 2. The number of aliphatic hydroxyl groups is 2. The van der Waals surface area contributed by atoms with Crippen LogP contribution in [0.1, 0.15) is 131 Å². The molecule has 4 N–H and O–H groups in total. The standard InChI is InChI=1S/2C24H40N2O8Si/c2*1-15-11-26(21(29)25-20(15)28)18-9-16(34-35(7,8)22(2,3)4)17(33-18)12-31-19(27)10-24(6)13-23(5,30)14-32-24/h2*11,16-18,30H,9-10,12-14H2,1-8H3,(H,25,28,29)/t2*16-,17+,18+,23?,24?/m00/s1. The highest BCUT2D eigenvalue weighted by Gasteiger charge is 2.49. The van der Waals surface area contributed by atoms with Crippen molar-refractivity contribution in [1.29, 1.82) is 0 Å². The van der Waals surface area contributed by atoms with Crippen molar-refractivity contribution in [3.63, 3.8) is 0 Å². The van der Waals surface area contributed by atoms with Crippen LogP contribution in [0.2, 0.25) is 36.3 Å². The highest BCUT2D eigenvalue weighted by Crippen LogP contribution is 2.43. The minimum Gasteiger partial charge on any atom is -0.463 e. The number of aromatic amines is 2. The van der Waals surface area contributed by atoms with Crippen LogP contribution in [0.5, 0.6) is 0 Å². The summed E-state index contributed by atoms with van der Waals surface area (Å²) >= 11 is 0. The van der Waals surface area contributed by atoms with Crippen LogP contribution < -0.4 is 22.5 Å². The SMILES string of the molecule is Cc1cn([C@H]2C[C@H](O[Si](C)(C)C(C)(C)C)[C@@H](COC(=O)CC3(C)CC(C)(O)CO3)O2)c(=O)[nH]c1=O.Cc1cn([C@H]2C[C@H](O[Si](C)(C)C(C)(C)C)[C@@H](COC(=O)CC3(C)CC(C)(O)CO3)O2)c(=O)[nH]c1=O. The van der Waals surface area contributed by atoms with Gasteiger partial charge in [-0.05, 0) is 77.8 Å². The highest BCUT2D eigenvalue weighted by molar-refractivity contribution is 6.74. The van der Waals surface area contributed by atoms with Gasteiger partial charge in [-0.1, -0.05) is 41.5 Å². The molecule has 2 aromatic heterocycles. The number of carbonyl (C=O) groups is 2. The van der Waals surface area contributed by atoms with Gasteiger partial charge in [0.05, 0.1) is 60.7 Å². The summed E-state index contributed by atoms with van der Waals surface area (Å²) in [7, 11) is -4.41. The third kappa shape index (κ3) is 14.3. The second kappa shape index (κ2) is 20.7. The van der Waals surface area contributed by atoms with Crippen LogP contribution in [-0.2, 0) is 46.9 Å². The fraction of sp³-hybridized carbons (Fsp3) is 0.792. The molecule has 6 rings (SSSR count). The molecule has 0 radical (unpaired) electrons. The first kappa shape index (κ1) is 57.3. The molecule has 4 fully saturated rings. The van der Waals surface area contributed by atoms with Gasteiger partial charge in [-0.3, -0.25) is 38.3 Å². The van der Waals surface area contributed by atoms with Gasteiger partial charge in [-0.15, -0.1) is 0 Å². The maximum atomic E-state index is 12.6. The molecule has 10 atom stereocenters. The zero-order valence-corrected chi connectivity index (χ0v) is 46.2. The molecule has 0 amide bonds. The Morgan fingerprint density at radius 2 is 0.986 bits per heavy atom. The molecule has 0 spiro atoms. The van der Waals surface area contributed by atoms with Gasteiger partial charge in [0.1, 0.15) is 37.9 Å². The van der Waals surface area contributed by atoms with Crippen molar-refractivity contribution >= 4 is 28.6 Å². The Balaban J connectivity index is 0.000000261. The summed E-state index contributed by atoms with van der Waals surface area (Å²) in [6, 6.07) is 0. The lowest BCUT2D eigenvalue weighted by molar-refractivity contribution is -0.156.